The number of hydrogen-bond acceptors (Lipinski definition) is 3. The molecule has 0 amide bonds. The van der Waals surface area contributed by atoms with Crippen molar-refractivity contribution < 1.29 is 4.74 Å². The van der Waals surface area contributed by atoms with E-state index in [-0.39, 0.29) is 0 Å². The Balaban J connectivity index is 2.00. The minimum absolute atomic E-state index is 0.620. The Bertz CT molecular complexity index is 611. The number of aryl methyl sites for hydroxylation is 1. The summed E-state index contributed by atoms with van der Waals surface area (Å²) in [7, 11) is 3.84. The van der Waals surface area contributed by atoms with Gasteiger partial charge in [-0.3, -0.25) is 4.68 Å². The van der Waals surface area contributed by atoms with Gasteiger partial charge in [-0.1, -0.05) is 12.1 Å². The van der Waals surface area contributed by atoms with E-state index in [1.54, 1.807) is 4.68 Å². The molecule has 2 rings (SSSR count). The fourth-order valence-electron chi connectivity index (χ4n) is 1.92. The summed E-state index contributed by atoms with van der Waals surface area (Å²) in [6.45, 7) is 3.24. The van der Waals surface area contributed by atoms with Crippen LogP contribution in [0.2, 0.25) is 0 Å². The maximum Gasteiger partial charge on any atom is 0.173 e. The number of benzene rings is 1. The largest absolute Gasteiger partial charge is 0.492 e. The number of nitrogens with zero attached hydrogens (tertiary/aromatic N) is 3. The van der Waals surface area contributed by atoms with Crippen LogP contribution >= 0.6 is 12.2 Å². The zero-order valence-electron chi connectivity index (χ0n) is 12.5. The first-order valence-corrected chi connectivity index (χ1v) is 7.23. The Kier molecular flexibility index (Phi) is 5.16. The van der Waals surface area contributed by atoms with Crippen LogP contribution in [0.25, 0.3) is 0 Å². The van der Waals surface area contributed by atoms with E-state index >= 15 is 0 Å². The molecule has 2 aromatic rings. The van der Waals surface area contributed by atoms with E-state index in [2.05, 4.69) is 10.4 Å². The number of aromatic nitrogens is 2. The second kappa shape index (κ2) is 7.08. The summed E-state index contributed by atoms with van der Waals surface area (Å²) in [5.74, 6) is 0.800. The summed E-state index contributed by atoms with van der Waals surface area (Å²) >= 11 is 5.43. The lowest BCUT2D eigenvalue weighted by atomic mass is 10.3. The number of ether oxygens (including phenoxy) is 1. The SMILES string of the molecule is CCOc1ccccc1NC(=S)N(C)Cc1ccn(C)n1. The molecule has 112 valence electrons. The van der Waals surface area contributed by atoms with Gasteiger partial charge in [-0.15, -0.1) is 0 Å². The highest BCUT2D eigenvalue weighted by atomic mass is 32.1. The van der Waals surface area contributed by atoms with Gasteiger partial charge in [0.1, 0.15) is 5.75 Å². The standard InChI is InChI=1S/C15H20N4OS/c1-4-20-14-8-6-5-7-13(14)16-15(21)18(2)11-12-9-10-19(3)17-12/h5-10H,4,11H2,1-3H3,(H,16,21). The van der Waals surface area contributed by atoms with Crippen LogP contribution in [-0.2, 0) is 13.6 Å². The van der Waals surface area contributed by atoms with E-state index in [4.69, 9.17) is 17.0 Å². The fourth-order valence-corrected chi connectivity index (χ4v) is 2.10. The van der Waals surface area contributed by atoms with E-state index in [9.17, 15) is 0 Å². The van der Waals surface area contributed by atoms with Crippen molar-refractivity contribution in [3.05, 3.63) is 42.2 Å². The molecule has 0 fully saturated rings. The van der Waals surface area contributed by atoms with Gasteiger partial charge in [0.05, 0.1) is 24.5 Å². The van der Waals surface area contributed by atoms with Crippen molar-refractivity contribution in [2.75, 3.05) is 19.0 Å². The molecule has 1 aromatic heterocycles. The highest BCUT2D eigenvalue weighted by Crippen LogP contribution is 2.24. The third-order valence-electron chi connectivity index (χ3n) is 2.94. The maximum atomic E-state index is 5.58. The average Bonchev–Trinajstić information content (AvgIpc) is 2.86. The normalized spacial score (nSPS) is 10.2. The summed E-state index contributed by atoms with van der Waals surface area (Å²) in [5.41, 5.74) is 1.85. The summed E-state index contributed by atoms with van der Waals surface area (Å²) in [6.07, 6.45) is 1.92. The number of para-hydroxylation sites is 2. The molecule has 0 radical (unpaired) electrons. The van der Waals surface area contributed by atoms with Gasteiger partial charge < -0.3 is 15.0 Å². The van der Waals surface area contributed by atoms with Gasteiger partial charge in [0.25, 0.3) is 0 Å². The van der Waals surface area contributed by atoms with Crippen LogP contribution in [-0.4, -0.2) is 33.4 Å². The molecule has 1 N–H and O–H groups in total. The van der Waals surface area contributed by atoms with Gasteiger partial charge in [0.15, 0.2) is 5.11 Å². The first-order valence-electron chi connectivity index (χ1n) is 6.82. The molecule has 1 heterocycles. The number of anilines is 1. The Morgan fingerprint density at radius 3 is 2.81 bits per heavy atom. The molecule has 0 saturated carbocycles. The van der Waals surface area contributed by atoms with Crippen molar-refractivity contribution in [2.24, 2.45) is 7.05 Å². The highest BCUT2D eigenvalue weighted by Gasteiger charge is 2.10. The summed E-state index contributed by atoms with van der Waals surface area (Å²) < 4.78 is 7.36. The minimum atomic E-state index is 0.620. The van der Waals surface area contributed by atoms with Gasteiger partial charge in [-0.25, -0.2) is 0 Å². The lowest BCUT2D eigenvalue weighted by Gasteiger charge is -2.21. The van der Waals surface area contributed by atoms with Crippen LogP contribution in [0.3, 0.4) is 0 Å². The zero-order chi connectivity index (χ0) is 15.2. The molecule has 0 bridgehead atoms. The van der Waals surface area contributed by atoms with Crippen molar-refractivity contribution in [1.82, 2.24) is 14.7 Å². The van der Waals surface area contributed by atoms with E-state index in [0.29, 0.717) is 18.3 Å². The number of rotatable bonds is 5. The van der Waals surface area contributed by atoms with E-state index in [1.807, 2.05) is 62.4 Å². The maximum absolute atomic E-state index is 5.58. The minimum Gasteiger partial charge on any atom is -0.492 e. The van der Waals surface area contributed by atoms with Gasteiger partial charge in [-0.05, 0) is 37.3 Å². The molecule has 0 saturated heterocycles. The van der Waals surface area contributed by atoms with Gasteiger partial charge >= 0.3 is 0 Å². The molecule has 0 aliphatic rings. The Morgan fingerprint density at radius 2 is 2.14 bits per heavy atom. The molecular weight excluding hydrogens is 284 g/mol. The van der Waals surface area contributed by atoms with Gasteiger partial charge in [0, 0.05) is 20.3 Å². The predicted octanol–water partition coefficient (Wildman–Crippen LogP) is 2.65. The van der Waals surface area contributed by atoms with E-state index in [1.165, 1.54) is 0 Å². The van der Waals surface area contributed by atoms with Crippen molar-refractivity contribution >= 4 is 23.0 Å². The lowest BCUT2D eigenvalue weighted by Crippen LogP contribution is -2.30. The van der Waals surface area contributed by atoms with Crippen molar-refractivity contribution in [1.29, 1.82) is 0 Å². The molecular formula is C15H20N4OS. The number of hydrogen-bond donors (Lipinski definition) is 1. The first-order chi connectivity index (χ1) is 10.1. The van der Waals surface area contributed by atoms with Crippen LogP contribution in [0.5, 0.6) is 5.75 Å². The quantitative estimate of drug-likeness (QED) is 0.860. The summed E-state index contributed by atoms with van der Waals surface area (Å²) in [5, 5.41) is 8.20. The summed E-state index contributed by atoms with van der Waals surface area (Å²) in [4.78, 5) is 1.94. The van der Waals surface area contributed by atoms with Gasteiger partial charge in [-0.2, -0.15) is 5.10 Å². The van der Waals surface area contributed by atoms with E-state index in [0.717, 1.165) is 17.1 Å². The van der Waals surface area contributed by atoms with Crippen LogP contribution < -0.4 is 10.1 Å². The third-order valence-corrected chi connectivity index (χ3v) is 3.36. The highest BCUT2D eigenvalue weighted by molar-refractivity contribution is 7.80. The molecule has 21 heavy (non-hydrogen) atoms. The molecule has 6 heteroatoms. The smallest absolute Gasteiger partial charge is 0.173 e. The molecule has 0 aliphatic heterocycles. The van der Waals surface area contributed by atoms with Crippen molar-refractivity contribution in [3.63, 3.8) is 0 Å². The molecule has 0 unspecified atom stereocenters. The van der Waals surface area contributed by atoms with Crippen LogP contribution in [0.15, 0.2) is 36.5 Å². The van der Waals surface area contributed by atoms with E-state index < -0.39 is 0 Å². The number of thiocarbonyl (C=S) groups is 1. The molecule has 5 nitrogen and oxygen atoms in total. The lowest BCUT2D eigenvalue weighted by molar-refractivity contribution is 0.342. The van der Waals surface area contributed by atoms with Crippen molar-refractivity contribution in [3.8, 4) is 5.75 Å². The van der Waals surface area contributed by atoms with Crippen LogP contribution in [0.4, 0.5) is 5.69 Å². The summed E-state index contributed by atoms with van der Waals surface area (Å²) in [6, 6.07) is 9.75. The Hall–Kier alpha value is -2.08. The monoisotopic (exact) mass is 304 g/mol. The number of nitrogens with one attached hydrogen (secondary N) is 1. The van der Waals surface area contributed by atoms with Crippen LogP contribution in [0.1, 0.15) is 12.6 Å². The average molecular weight is 304 g/mol. The molecule has 0 aliphatic carbocycles. The first kappa shape index (κ1) is 15.3. The van der Waals surface area contributed by atoms with Gasteiger partial charge in [0.2, 0.25) is 0 Å². The Labute approximate surface area is 130 Å². The Morgan fingerprint density at radius 1 is 1.38 bits per heavy atom. The third kappa shape index (κ3) is 4.19. The molecule has 0 spiro atoms. The molecule has 1 aromatic carbocycles. The topological polar surface area (TPSA) is 42.3 Å². The van der Waals surface area contributed by atoms with Crippen molar-refractivity contribution in [2.45, 2.75) is 13.5 Å². The molecule has 0 atom stereocenters. The fraction of sp³-hybridized carbons (Fsp3) is 0.333. The zero-order valence-corrected chi connectivity index (χ0v) is 13.4. The second-order valence-electron chi connectivity index (χ2n) is 4.70. The second-order valence-corrected chi connectivity index (χ2v) is 5.08. The van der Waals surface area contributed by atoms with Crippen LogP contribution in [0, 0.1) is 0 Å². The predicted molar refractivity (Wildman–Crippen MR) is 88.5 cm³/mol.